The van der Waals surface area contributed by atoms with E-state index in [0.717, 1.165) is 12.8 Å². The van der Waals surface area contributed by atoms with E-state index in [0.29, 0.717) is 18.2 Å². The first-order chi connectivity index (χ1) is 9.50. The second-order valence-electron chi connectivity index (χ2n) is 6.85. The number of aryl methyl sites for hydroxylation is 1. The van der Waals surface area contributed by atoms with Crippen molar-refractivity contribution in [2.24, 2.45) is 5.41 Å². The van der Waals surface area contributed by atoms with Crippen LogP contribution in [0.2, 0.25) is 0 Å². The van der Waals surface area contributed by atoms with E-state index in [1.807, 2.05) is 7.11 Å². The van der Waals surface area contributed by atoms with Crippen molar-refractivity contribution in [2.45, 2.75) is 57.7 Å². The third kappa shape index (κ3) is 2.56. The monoisotopic (exact) mass is 337 g/mol. The second-order valence-corrected chi connectivity index (χ2v) is 7.77. The van der Waals surface area contributed by atoms with Crippen molar-refractivity contribution in [3.63, 3.8) is 0 Å². The number of halogens is 1. The molecule has 2 nitrogen and oxygen atoms in total. The first-order valence-corrected chi connectivity index (χ1v) is 8.36. The zero-order valence-corrected chi connectivity index (χ0v) is 14.2. The fourth-order valence-electron chi connectivity index (χ4n) is 3.72. The standard InChI is InChI=1S/C17H24BrNO/c1-17(2)15(10-16(17)20-3)19-14-7-5-11-8-13(18)6-4-12(11)9-14/h4,6,8,14-16,19H,5,7,9-10H2,1-3H3. The van der Waals surface area contributed by atoms with Crippen LogP contribution < -0.4 is 5.32 Å². The predicted octanol–water partition coefficient (Wildman–Crippen LogP) is 3.71. The van der Waals surface area contributed by atoms with E-state index in [9.17, 15) is 0 Å². The lowest BCUT2D eigenvalue weighted by Crippen LogP contribution is -2.63. The molecule has 0 aromatic heterocycles. The van der Waals surface area contributed by atoms with Gasteiger partial charge in [0.2, 0.25) is 0 Å². The molecule has 0 saturated heterocycles. The quantitative estimate of drug-likeness (QED) is 0.907. The maximum absolute atomic E-state index is 5.55. The van der Waals surface area contributed by atoms with Crippen LogP contribution in [-0.2, 0) is 17.6 Å². The van der Waals surface area contributed by atoms with Crippen molar-refractivity contribution in [2.75, 3.05) is 7.11 Å². The van der Waals surface area contributed by atoms with Crippen LogP contribution >= 0.6 is 15.9 Å². The van der Waals surface area contributed by atoms with Gasteiger partial charge >= 0.3 is 0 Å². The summed E-state index contributed by atoms with van der Waals surface area (Å²) >= 11 is 3.57. The van der Waals surface area contributed by atoms with Crippen molar-refractivity contribution in [1.82, 2.24) is 5.32 Å². The molecule has 110 valence electrons. The largest absolute Gasteiger partial charge is 0.381 e. The molecule has 0 heterocycles. The maximum atomic E-state index is 5.55. The van der Waals surface area contributed by atoms with Crippen molar-refractivity contribution < 1.29 is 4.74 Å². The van der Waals surface area contributed by atoms with Crippen LogP contribution in [0.1, 0.15) is 37.8 Å². The molecule has 1 N–H and O–H groups in total. The molecule has 1 aromatic rings. The topological polar surface area (TPSA) is 21.3 Å². The van der Waals surface area contributed by atoms with Gasteiger partial charge in [-0.3, -0.25) is 0 Å². The minimum absolute atomic E-state index is 0.259. The molecule has 0 aliphatic heterocycles. The Hall–Kier alpha value is -0.380. The number of rotatable bonds is 3. The van der Waals surface area contributed by atoms with Crippen LogP contribution in [0.5, 0.6) is 0 Å². The Morgan fingerprint density at radius 3 is 2.80 bits per heavy atom. The smallest absolute Gasteiger partial charge is 0.0652 e. The lowest BCUT2D eigenvalue weighted by atomic mass is 9.64. The van der Waals surface area contributed by atoms with Gasteiger partial charge in [0, 0.05) is 29.1 Å². The van der Waals surface area contributed by atoms with E-state index < -0.39 is 0 Å². The van der Waals surface area contributed by atoms with Gasteiger partial charge in [-0.1, -0.05) is 35.8 Å². The molecule has 1 saturated carbocycles. The fraction of sp³-hybridized carbons (Fsp3) is 0.647. The van der Waals surface area contributed by atoms with Crippen LogP contribution in [0.4, 0.5) is 0 Å². The number of fused-ring (bicyclic) bond motifs is 1. The summed E-state index contributed by atoms with van der Waals surface area (Å²) in [6, 6.07) is 7.92. The highest BCUT2D eigenvalue weighted by molar-refractivity contribution is 9.10. The molecule has 20 heavy (non-hydrogen) atoms. The van der Waals surface area contributed by atoms with Gasteiger partial charge in [-0.15, -0.1) is 0 Å². The third-order valence-corrected chi connectivity index (χ3v) is 5.79. The molecule has 0 radical (unpaired) electrons. The molecule has 2 aliphatic carbocycles. The van der Waals surface area contributed by atoms with Gasteiger partial charge in [-0.05, 0) is 48.9 Å². The van der Waals surface area contributed by atoms with E-state index in [1.165, 1.54) is 28.4 Å². The number of hydrogen-bond acceptors (Lipinski definition) is 2. The van der Waals surface area contributed by atoms with E-state index >= 15 is 0 Å². The van der Waals surface area contributed by atoms with Gasteiger partial charge < -0.3 is 10.1 Å². The van der Waals surface area contributed by atoms with E-state index in [1.54, 1.807) is 0 Å². The molecular formula is C17H24BrNO. The Balaban J connectivity index is 1.63. The molecule has 1 aromatic carbocycles. The molecule has 2 aliphatic rings. The van der Waals surface area contributed by atoms with Crippen LogP contribution in [0, 0.1) is 5.41 Å². The highest BCUT2D eigenvalue weighted by atomic mass is 79.9. The molecule has 3 atom stereocenters. The highest BCUT2D eigenvalue weighted by Gasteiger charge is 2.49. The molecule has 1 fully saturated rings. The lowest BCUT2D eigenvalue weighted by Gasteiger charge is -2.53. The maximum Gasteiger partial charge on any atom is 0.0652 e. The number of hydrogen-bond donors (Lipinski definition) is 1. The van der Waals surface area contributed by atoms with Crippen LogP contribution in [0.25, 0.3) is 0 Å². The van der Waals surface area contributed by atoms with Crippen LogP contribution in [-0.4, -0.2) is 25.3 Å². The molecule has 0 bridgehead atoms. The van der Waals surface area contributed by atoms with E-state index in [2.05, 4.69) is 53.3 Å². The predicted molar refractivity (Wildman–Crippen MR) is 86.1 cm³/mol. The molecule has 0 amide bonds. The zero-order chi connectivity index (χ0) is 14.3. The average molecular weight is 338 g/mol. The summed E-state index contributed by atoms with van der Waals surface area (Å²) in [4.78, 5) is 0. The third-order valence-electron chi connectivity index (χ3n) is 5.30. The Bertz CT molecular complexity index is 500. The minimum atomic E-state index is 0.259. The summed E-state index contributed by atoms with van der Waals surface area (Å²) in [7, 11) is 1.83. The summed E-state index contributed by atoms with van der Waals surface area (Å²) < 4.78 is 6.74. The summed E-state index contributed by atoms with van der Waals surface area (Å²) in [6.07, 6.45) is 5.15. The summed E-state index contributed by atoms with van der Waals surface area (Å²) in [5.41, 5.74) is 3.28. The lowest BCUT2D eigenvalue weighted by molar-refractivity contribution is -0.100. The van der Waals surface area contributed by atoms with E-state index in [-0.39, 0.29) is 5.41 Å². The van der Waals surface area contributed by atoms with Crippen LogP contribution in [0.15, 0.2) is 22.7 Å². The summed E-state index contributed by atoms with van der Waals surface area (Å²) in [6.45, 7) is 4.63. The molecular weight excluding hydrogens is 314 g/mol. The van der Waals surface area contributed by atoms with Gasteiger partial charge in [0.15, 0.2) is 0 Å². The van der Waals surface area contributed by atoms with Crippen LogP contribution in [0.3, 0.4) is 0 Å². The fourth-order valence-corrected chi connectivity index (χ4v) is 4.13. The first-order valence-electron chi connectivity index (χ1n) is 7.57. The zero-order valence-electron chi connectivity index (χ0n) is 12.6. The van der Waals surface area contributed by atoms with Gasteiger partial charge in [-0.2, -0.15) is 0 Å². The van der Waals surface area contributed by atoms with Crippen molar-refractivity contribution in [3.05, 3.63) is 33.8 Å². The highest BCUT2D eigenvalue weighted by Crippen LogP contribution is 2.43. The minimum Gasteiger partial charge on any atom is -0.381 e. The Labute approximate surface area is 130 Å². The van der Waals surface area contributed by atoms with Gasteiger partial charge in [-0.25, -0.2) is 0 Å². The molecule has 0 spiro atoms. The van der Waals surface area contributed by atoms with E-state index in [4.69, 9.17) is 4.74 Å². The average Bonchev–Trinajstić information content (AvgIpc) is 2.43. The SMILES string of the molecule is COC1CC(NC2CCc3cc(Br)ccc3C2)C1(C)C. The number of nitrogens with one attached hydrogen (secondary N) is 1. The Kier molecular flexibility index (Phi) is 3.95. The van der Waals surface area contributed by atoms with Gasteiger partial charge in [0.05, 0.1) is 6.10 Å². The summed E-state index contributed by atoms with van der Waals surface area (Å²) in [5, 5.41) is 3.87. The van der Waals surface area contributed by atoms with Crippen molar-refractivity contribution >= 4 is 15.9 Å². The van der Waals surface area contributed by atoms with Gasteiger partial charge in [0.1, 0.15) is 0 Å². The van der Waals surface area contributed by atoms with Gasteiger partial charge in [0.25, 0.3) is 0 Å². The first kappa shape index (κ1) is 14.6. The van der Waals surface area contributed by atoms with Crippen molar-refractivity contribution in [3.8, 4) is 0 Å². The number of methoxy groups -OCH3 is 1. The Morgan fingerprint density at radius 1 is 1.30 bits per heavy atom. The molecule has 3 rings (SSSR count). The van der Waals surface area contributed by atoms with Crippen molar-refractivity contribution in [1.29, 1.82) is 0 Å². The Morgan fingerprint density at radius 2 is 2.10 bits per heavy atom. The molecule has 3 heteroatoms. The second kappa shape index (κ2) is 5.43. The molecule has 3 unspecified atom stereocenters. The normalized spacial score (nSPS) is 31.5. The number of ether oxygens (including phenoxy) is 1. The summed E-state index contributed by atoms with van der Waals surface area (Å²) in [5.74, 6) is 0. The number of benzene rings is 1.